The molecule has 7 heteroatoms. The van der Waals surface area contributed by atoms with Crippen molar-refractivity contribution in [1.29, 1.82) is 0 Å². The zero-order valence-corrected chi connectivity index (χ0v) is 16.2. The molecule has 1 N–H and O–H groups in total. The van der Waals surface area contributed by atoms with Gasteiger partial charge in [0.25, 0.3) is 11.8 Å². The molecule has 0 bridgehead atoms. The number of rotatable bonds is 8. The van der Waals surface area contributed by atoms with Gasteiger partial charge in [0, 0.05) is 17.6 Å². The highest BCUT2D eigenvalue weighted by atomic mass is 16.5. The van der Waals surface area contributed by atoms with Crippen LogP contribution >= 0.6 is 0 Å². The average Bonchev–Trinajstić information content (AvgIpc) is 2.58. The number of nitrogens with one attached hydrogen (secondary N) is 1. The molecule has 7 nitrogen and oxygen atoms in total. The maximum absolute atomic E-state index is 12.4. The van der Waals surface area contributed by atoms with Crippen LogP contribution in [0.3, 0.4) is 0 Å². The maximum atomic E-state index is 12.4. The van der Waals surface area contributed by atoms with E-state index in [0.29, 0.717) is 11.3 Å². The van der Waals surface area contributed by atoms with Crippen molar-refractivity contribution in [3.8, 4) is 5.75 Å². The lowest BCUT2D eigenvalue weighted by Crippen LogP contribution is -2.48. The van der Waals surface area contributed by atoms with Crippen molar-refractivity contribution in [3.63, 3.8) is 0 Å². The molecule has 1 atom stereocenters. The molecule has 0 aromatic heterocycles. The number of hydrogen-bond donors (Lipinski definition) is 1. The van der Waals surface area contributed by atoms with Crippen LogP contribution < -0.4 is 10.1 Å². The maximum Gasteiger partial charge on any atom is 0.326 e. The van der Waals surface area contributed by atoms with Gasteiger partial charge >= 0.3 is 5.97 Å². The van der Waals surface area contributed by atoms with Gasteiger partial charge in [0.1, 0.15) is 12.3 Å². The molecule has 0 spiro atoms. The molecule has 0 aliphatic heterocycles. The Balaban J connectivity index is 2.54. The lowest BCUT2D eigenvalue weighted by molar-refractivity contribution is -0.160. The van der Waals surface area contributed by atoms with Crippen LogP contribution in [-0.4, -0.2) is 54.5 Å². The molecule has 1 unspecified atom stereocenters. The molecule has 1 rings (SSSR count). The Morgan fingerprint density at radius 1 is 1.00 bits per heavy atom. The van der Waals surface area contributed by atoms with Gasteiger partial charge in [-0.2, -0.15) is 0 Å². The van der Waals surface area contributed by atoms with E-state index in [1.165, 1.54) is 14.0 Å². The second kappa shape index (κ2) is 9.79. The number of ether oxygens (including phenoxy) is 2. The van der Waals surface area contributed by atoms with Crippen LogP contribution in [0.2, 0.25) is 0 Å². The summed E-state index contributed by atoms with van der Waals surface area (Å²) in [6, 6.07) is 6.49. The zero-order chi connectivity index (χ0) is 19.9. The molecule has 0 fully saturated rings. The van der Waals surface area contributed by atoms with Gasteiger partial charge in [0.2, 0.25) is 0 Å². The van der Waals surface area contributed by atoms with Gasteiger partial charge in [-0.05, 0) is 58.9 Å². The minimum Gasteiger partial charge on any atom is -0.497 e. The first-order valence-electron chi connectivity index (χ1n) is 8.61. The Kier molecular flexibility index (Phi) is 8.09. The van der Waals surface area contributed by atoms with Gasteiger partial charge < -0.3 is 19.7 Å². The molecular formula is C19H28N2O5. The van der Waals surface area contributed by atoms with Crippen molar-refractivity contribution >= 4 is 17.8 Å². The minimum atomic E-state index is -0.912. The van der Waals surface area contributed by atoms with E-state index in [1.807, 2.05) is 27.7 Å². The monoisotopic (exact) mass is 364 g/mol. The number of methoxy groups -OCH3 is 1. The lowest BCUT2D eigenvalue weighted by Gasteiger charge is -2.32. The third-order valence-electron chi connectivity index (χ3n) is 3.77. The number of benzene rings is 1. The highest BCUT2D eigenvalue weighted by Gasteiger charge is 2.27. The minimum absolute atomic E-state index is 0.00146. The van der Waals surface area contributed by atoms with Crippen LogP contribution in [0.5, 0.6) is 5.75 Å². The number of nitrogens with zero attached hydrogens (tertiary/aromatic N) is 1. The highest BCUT2D eigenvalue weighted by molar-refractivity contribution is 5.96. The van der Waals surface area contributed by atoms with Gasteiger partial charge in [-0.15, -0.1) is 0 Å². The third-order valence-corrected chi connectivity index (χ3v) is 3.77. The molecule has 0 aliphatic carbocycles. The summed E-state index contributed by atoms with van der Waals surface area (Å²) < 4.78 is 10.2. The predicted molar refractivity (Wildman–Crippen MR) is 98.0 cm³/mol. The largest absolute Gasteiger partial charge is 0.497 e. The summed E-state index contributed by atoms with van der Waals surface area (Å²) in [6.07, 6.45) is -0.912. The van der Waals surface area contributed by atoms with E-state index in [-0.39, 0.29) is 24.5 Å². The first-order valence-corrected chi connectivity index (χ1v) is 8.61. The summed E-state index contributed by atoms with van der Waals surface area (Å²) >= 11 is 0. The molecule has 144 valence electrons. The summed E-state index contributed by atoms with van der Waals surface area (Å²) in [6.45, 7) is 8.83. The zero-order valence-electron chi connectivity index (χ0n) is 16.2. The van der Waals surface area contributed by atoms with Crippen molar-refractivity contribution in [2.24, 2.45) is 0 Å². The summed E-state index contributed by atoms with van der Waals surface area (Å²) in [5.74, 6) is -0.701. The van der Waals surface area contributed by atoms with Crippen molar-refractivity contribution < 1.29 is 23.9 Å². The van der Waals surface area contributed by atoms with Gasteiger partial charge in [0.05, 0.1) is 7.11 Å². The quantitative estimate of drug-likeness (QED) is 0.713. The van der Waals surface area contributed by atoms with E-state index >= 15 is 0 Å². The van der Waals surface area contributed by atoms with Crippen LogP contribution in [0.25, 0.3) is 0 Å². The van der Waals surface area contributed by atoms with Crippen LogP contribution in [0, 0.1) is 0 Å². The van der Waals surface area contributed by atoms with E-state index in [9.17, 15) is 14.4 Å². The first-order chi connectivity index (χ1) is 12.2. The van der Waals surface area contributed by atoms with E-state index in [2.05, 4.69) is 5.32 Å². The van der Waals surface area contributed by atoms with Crippen LogP contribution in [0.4, 0.5) is 0 Å². The smallest absolute Gasteiger partial charge is 0.326 e. The topological polar surface area (TPSA) is 84.9 Å². The summed E-state index contributed by atoms with van der Waals surface area (Å²) in [7, 11) is 1.53. The SMILES string of the molecule is COc1ccc(C(=O)NCC(=O)OC(C)C(=O)N(C(C)C)C(C)C)cc1. The normalized spacial score (nSPS) is 11.8. The number of carbonyl (C=O) groups excluding carboxylic acids is 3. The lowest BCUT2D eigenvalue weighted by atomic mass is 10.2. The van der Waals surface area contributed by atoms with Crippen molar-refractivity contribution in [2.75, 3.05) is 13.7 Å². The van der Waals surface area contributed by atoms with Gasteiger partial charge in [-0.3, -0.25) is 14.4 Å². The molecule has 0 saturated heterocycles. The summed E-state index contributed by atoms with van der Waals surface area (Å²) in [5.41, 5.74) is 0.397. The number of hydrogen-bond acceptors (Lipinski definition) is 5. The number of amides is 2. The van der Waals surface area contributed by atoms with Gasteiger partial charge in [-0.1, -0.05) is 0 Å². The Morgan fingerprint density at radius 3 is 2.00 bits per heavy atom. The highest BCUT2D eigenvalue weighted by Crippen LogP contribution is 2.11. The Hall–Kier alpha value is -2.57. The second-order valence-electron chi connectivity index (χ2n) is 6.48. The van der Waals surface area contributed by atoms with Crippen LogP contribution in [0.1, 0.15) is 45.0 Å². The predicted octanol–water partition coefficient (Wildman–Crippen LogP) is 2.00. The fourth-order valence-corrected chi connectivity index (χ4v) is 2.60. The molecule has 0 saturated carbocycles. The molecular weight excluding hydrogens is 336 g/mol. The van der Waals surface area contributed by atoms with E-state index in [1.54, 1.807) is 29.2 Å². The van der Waals surface area contributed by atoms with E-state index < -0.39 is 18.0 Å². The van der Waals surface area contributed by atoms with Crippen molar-refractivity contribution in [1.82, 2.24) is 10.2 Å². The van der Waals surface area contributed by atoms with E-state index in [4.69, 9.17) is 9.47 Å². The fourth-order valence-electron chi connectivity index (χ4n) is 2.60. The number of carbonyl (C=O) groups is 3. The van der Waals surface area contributed by atoms with Crippen LogP contribution in [-0.2, 0) is 14.3 Å². The first kappa shape index (κ1) is 21.5. The second-order valence-corrected chi connectivity index (χ2v) is 6.48. The average molecular weight is 364 g/mol. The Morgan fingerprint density at radius 2 is 1.54 bits per heavy atom. The molecule has 0 aliphatic rings. The van der Waals surface area contributed by atoms with Gasteiger partial charge in [0.15, 0.2) is 6.10 Å². The van der Waals surface area contributed by atoms with Crippen molar-refractivity contribution in [2.45, 2.75) is 52.8 Å². The molecule has 0 heterocycles. The van der Waals surface area contributed by atoms with Crippen LogP contribution in [0.15, 0.2) is 24.3 Å². The standard InChI is InChI=1S/C19H28N2O5/c1-12(2)21(13(3)4)19(24)14(5)26-17(22)11-20-18(23)15-7-9-16(25-6)10-8-15/h7-10,12-14H,11H2,1-6H3,(H,20,23). The summed E-state index contributed by atoms with van der Waals surface area (Å²) in [5, 5.41) is 2.48. The Bertz CT molecular complexity index is 617. The molecule has 1 aromatic rings. The van der Waals surface area contributed by atoms with E-state index in [0.717, 1.165) is 0 Å². The fraction of sp³-hybridized carbons (Fsp3) is 0.526. The van der Waals surface area contributed by atoms with Gasteiger partial charge in [-0.25, -0.2) is 0 Å². The molecule has 26 heavy (non-hydrogen) atoms. The number of esters is 1. The molecule has 0 radical (unpaired) electrons. The third kappa shape index (κ3) is 6.06. The molecule has 2 amide bonds. The summed E-state index contributed by atoms with van der Waals surface area (Å²) in [4.78, 5) is 38.0. The van der Waals surface area contributed by atoms with Crippen molar-refractivity contribution in [3.05, 3.63) is 29.8 Å². The molecule has 1 aromatic carbocycles. The Labute approximate surface area is 154 Å².